The van der Waals surface area contributed by atoms with Gasteiger partial charge in [0.2, 0.25) is 11.9 Å². The molecule has 7 heteroatoms. The second-order valence-corrected chi connectivity index (χ2v) is 4.77. The first-order chi connectivity index (χ1) is 8.54. The molecule has 0 atom stereocenters. The lowest BCUT2D eigenvalue weighted by Crippen LogP contribution is -2.15. The van der Waals surface area contributed by atoms with Crippen molar-refractivity contribution in [1.82, 2.24) is 15.0 Å². The number of nitrogen functional groups attached to an aromatic ring is 1. The molecule has 1 aromatic heterocycles. The average Bonchev–Trinajstić information content (AvgIpc) is 2.31. The van der Waals surface area contributed by atoms with Crippen molar-refractivity contribution in [3.63, 3.8) is 0 Å². The molecule has 0 aliphatic carbocycles. The van der Waals surface area contributed by atoms with Crippen LogP contribution in [0.4, 0.5) is 16.3 Å². The van der Waals surface area contributed by atoms with E-state index in [-0.39, 0.29) is 11.8 Å². The van der Waals surface area contributed by atoms with Crippen molar-refractivity contribution in [2.24, 2.45) is 0 Å². The van der Waals surface area contributed by atoms with E-state index in [1.165, 1.54) is 23.9 Å². The van der Waals surface area contributed by atoms with Crippen molar-refractivity contribution in [1.29, 1.82) is 0 Å². The summed E-state index contributed by atoms with van der Waals surface area (Å²) in [6, 6.07) is 6.10. The van der Waals surface area contributed by atoms with Crippen molar-refractivity contribution in [2.45, 2.75) is 10.1 Å². The van der Waals surface area contributed by atoms with Crippen LogP contribution >= 0.6 is 11.8 Å². The second-order valence-electron chi connectivity index (χ2n) is 3.73. The van der Waals surface area contributed by atoms with Crippen LogP contribution in [0, 0.1) is 5.82 Å². The number of anilines is 2. The predicted octanol–water partition coefficient (Wildman–Crippen LogP) is 1.81. The molecule has 2 N–H and O–H groups in total. The highest BCUT2D eigenvalue weighted by Crippen LogP contribution is 2.25. The van der Waals surface area contributed by atoms with E-state index in [1.807, 2.05) is 14.1 Å². The van der Waals surface area contributed by atoms with Crippen molar-refractivity contribution < 1.29 is 4.39 Å². The minimum absolute atomic E-state index is 0.165. The maximum absolute atomic E-state index is 12.8. The number of nitrogens with two attached hydrogens (primary N) is 1. The maximum atomic E-state index is 12.8. The molecular formula is C11H12FN5S. The summed E-state index contributed by atoms with van der Waals surface area (Å²) in [7, 11) is 3.64. The largest absolute Gasteiger partial charge is 0.368 e. The smallest absolute Gasteiger partial charge is 0.230 e. The summed E-state index contributed by atoms with van der Waals surface area (Å²) in [5.41, 5.74) is 5.61. The molecule has 0 saturated heterocycles. The molecule has 0 bridgehead atoms. The van der Waals surface area contributed by atoms with Gasteiger partial charge in [-0.15, -0.1) is 0 Å². The molecule has 0 radical (unpaired) electrons. The highest BCUT2D eigenvalue weighted by Gasteiger charge is 2.07. The fraction of sp³-hybridized carbons (Fsp3) is 0.182. The molecule has 2 aromatic rings. The number of hydrogen-bond donors (Lipinski definition) is 1. The van der Waals surface area contributed by atoms with Gasteiger partial charge in [-0.2, -0.15) is 15.0 Å². The minimum atomic E-state index is -0.275. The maximum Gasteiger partial charge on any atom is 0.230 e. The van der Waals surface area contributed by atoms with Crippen LogP contribution in [-0.4, -0.2) is 29.0 Å². The Kier molecular flexibility index (Phi) is 3.61. The van der Waals surface area contributed by atoms with Gasteiger partial charge in [0, 0.05) is 19.0 Å². The van der Waals surface area contributed by atoms with E-state index >= 15 is 0 Å². The molecule has 2 rings (SSSR count). The standard InChI is InChI=1S/C11H12FN5S/c1-17(2)10-14-9(13)15-11(16-10)18-8-5-3-7(12)4-6-8/h3-6H,1-2H3,(H2,13,14,15,16). The summed E-state index contributed by atoms with van der Waals surface area (Å²) >= 11 is 1.31. The van der Waals surface area contributed by atoms with Crippen LogP contribution in [-0.2, 0) is 0 Å². The van der Waals surface area contributed by atoms with Gasteiger partial charge in [-0.05, 0) is 36.0 Å². The van der Waals surface area contributed by atoms with Gasteiger partial charge < -0.3 is 10.6 Å². The molecule has 0 aliphatic rings. The molecule has 1 heterocycles. The first-order valence-electron chi connectivity index (χ1n) is 5.17. The third-order valence-electron chi connectivity index (χ3n) is 2.04. The Morgan fingerprint density at radius 2 is 1.78 bits per heavy atom. The van der Waals surface area contributed by atoms with Crippen molar-refractivity contribution in [2.75, 3.05) is 24.7 Å². The summed E-state index contributed by atoms with van der Waals surface area (Å²) in [4.78, 5) is 14.9. The lowest BCUT2D eigenvalue weighted by Gasteiger charge is -2.10. The van der Waals surface area contributed by atoms with E-state index in [0.717, 1.165) is 4.90 Å². The zero-order chi connectivity index (χ0) is 13.1. The van der Waals surface area contributed by atoms with Gasteiger partial charge in [-0.25, -0.2) is 4.39 Å². The number of halogens is 1. The average molecular weight is 265 g/mol. The van der Waals surface area contributed by atoms with Gasteiger partial charge >= 0.3 is 0 Å². The highest BCUT2D eigenvalue weighted by molar-refractivity contribution is 7.99. The Morgan fingerprint density at radius 3 is 2.39 bits per heavy atom. The summed E-state index contributed by atoms with van der Waals surface area (Å²) in [5.74, 6) is 0.383. The van der Waals surface area contributed by atoms with Crippen LogP contribution in [0.25, 0.3) is 0 Å². The molecule has 94 valence electrons. The van der Waals surface area contributed by atoms with Crippen LogP contribution in [0.15, 0.2) is 34.3 Å². The van der Waals surface area contributed by atoms with Crippen molar-refractivity contribution >= 4 is 23.7 Å². The SMILES string of the molecule is CN(C)c1nc(N)nc(Sc2ccc(F)cc2)n1. The summed E-state index contributed by atoms with van der Waals surface area (Å²) in [6.07, 6.45) is 0. The fourth-order valence-electron chi connectivity index (χ4n) is 1.21. The molecule has 0 aliphatic heterocycles. The van der Waals surface area contributed by atoms with E-state index in [0.29, 0.717) is 11.1 Å². The molecule has 18 heavy (non-hydrogen) atoms. The number of hydrogen-bond acceptors (Lipinski definition) is 6. The zero-order valence-corrected chi connectivity index (χ0v) is 10.8. The zero-order valence-electron chi connectivity index (χ0n) is 9.96. The van der Waals surface area contributed by atoms with Crippen LogP contribution in [0.5, 0.6) is 0 Å². The van der Waals surface area contributed by atoms with Crippen LogP contribution in [0.3, 0.4) is 0 Å². The molecule has 0 unspecified atom stereocenters. The second kappa shape index (κ2) is 5.18. The summed E-state index contributed by atoms with van der Waals surface area (Å²) in [5, 5.41) is 0.484. The minimum Gasteiger partial charge on any atom is -0.368 e. The van der Waals surface area contributed by atoms with Gasteiger partial charge in [0.15, 0.2) is 5.16 Å². The first-order valence-corrected chi connectivity index (χ1v) is 5.98. The van der Waals surface area contributed by atoms with E-state index < -0.39 is 0 Å². The van der Waals surface area contributed by atoms with E-state index in [1.54, 1.807) is 17.0 Å². The van der Waals surface area contributed by atoms with Gasteiger partial charge in [-0.3, -0.25) is 0 Å². The molecule has 5 nitrogen and oxygen atoms in total. The van der Waals surface area contributed by atoms with E-state index in [9.17, 15) is 4.39 Å². The van der Waals surface area contributed by atoms with Crippen LogP contribution in [0.2, 0.25) is 0 Å². The van der Waals surface area contributed by atoms with Gasteiger partial charge in [0.25, 0.3) is 0 Å². The van der Waals surface area contributed by atoms with Gasteiger partial charge in [0.05, 0.1) is 0 Å². The van der Waals surface area contributed by atoms with E-state index in [4.69, 9.17) is 5.73 Å². The number of benzene rings is 1. The Labute approximate surface area is 108 Å². The Balaban J connectivity index is 2.26. The Hall–Kier alpha value is -1.89. The number of nitrogens with zero attached hydrogens (tertiary/aromatic N) is 4. The Bertz CT molecular complexity index is 544. The predicted molar refractivity (Wildman–Crippen MR) is 69.1 cm³/mol. The number of rotatable bonds is 3. The topological polar surface area (TPSA) is 67.9 Å². The van der Waals surface area contributed by atoms with Gasteiger partial charge in [-0.1, -0.05) is 0 Å². The Morgan fingerprint density at radius 1 is 1.11 bits per heavy atom. The number of aromatic nitrogens is 3. The molecule has 0 amide bonds. The van der Waals surface area contributed by atoms with Crippen LogP contribution < -0.4 is 10.6 Å². The monoisotopic (exact) mass is 265 g/mol. The van der Waals surface area contributed by atoms with E-state index in [2.05, 4.69) is 15.0 Å². The molecule has 0 spiro atoms. The lowest BCUT2D eigenvalue weighted by molar-refractivity contribution is 0.626. The molecule has 0 saturated carbocycles. The van der Waals surface area contributed by atoms with Crippen molar-refractivity contribution in [3.05, 3.63) is 30.1 Å². The molecular weight excluding hydrogens is 253 g/mol. The summed E-state index contributed by atoms with van der Waals surface area (Å²) in [6.45, 7) is 0. The highest BCUT2D eigenvalue weighted by atomic mass is 32.2. The summed E-state index contributed by atoms with van der Waals surface area (Å²) < 4.78 is 12.8. The normalized spacial score (nSPS) is 10.4. The quantitative estimate of drug-likeness (QED) is 0.913. The lowest BCUT2D eigenvalue weighted by atomic mass is 10.4. The van der Waals surface area contributed by atoms with Crippen molar-refractivity contribution in [3.8, 4) is 0 Å². The third kappa shape index (κ3) is 3.07. The molecule has 1 aromatic carbocycles. The van der Waals surface area contributed by atoms with Gasteiger partial charge in [0.1, 0.15) is 5.82 Å². The van der Waals surface area contributed by atoms with Crippen LogP contribution in [0.1, 0.15) is 0 Å². The first kappa shape index (κ1) is 12.6. The third-order valence-corrected chi connectivity index (χ3v) is 2.92. The molecule has 0 fully saturated rings. The fourth-order valence-corrected chi connectivity index (χ4v) is 1.96.